The number of fused-ring (bicyclic) bond motifs is 1. The van der Waals surface area contributed by atoms with Crippen LogP contribution in [0, 0.1) is 5.82 Å². The molecule has 1 atom stereocenters. The fourth-order valence-corrected chi connectivity index (χ4v) is 3.07. The first-order valence-corrected chi connectivity index (χ1v) is 7.04. The number of nitrogens with zero attached hydrogens (tertiary/aromatic N) is 3. The van der Waals surface area contributed by atoms with Gasteiger partial charge in [-0.25, -0.2) is 14.1 Å². The van der Waals surface area contributed by atoms with E-state index in [1.165, 1.54) is 23.3 Å². The lowest BCUT2D eigenvalue weighted by Crippen LogP contribution is -2.07. The largest absolute Gasteiger partial charge is 0.245 e. The van der Waals surface area contributed by atoms with Gasteiger partial charge in [0.15, 0.2) is 0 Å². The molecule has 0 fully saturated rings. The van der Waals surface area contributed by atoms with Crippen LogP contribution in [0.25, 0.3) is 11.1 Å². The summed E-state index contributed by atoms with van der Waals surface area (Å²) in [4.78, 5) is 4.03. The SMILES string of the molecule is Fc1ccc(-c2ccc3c(c2)CCC3n2cncn2)cc1. The van der Waals surface area contributed by atoms with Gasteiger partial charge in [0.05, 0.1) is 6.04 Å². The van der Waals surface area contributed by atoms with E-state index in [4.69, 9.17) is 0 Å². The first kappa shape index (κ1) is 12.3. The van der Waals surface area contributed by atoms with Crippen molar-refractivity contribution in [3.63, 3.8) is 0 Å². The molecule has 21 heavy (non-hydrogen) atoms. The Morgan fingerprint density at radius 2 is 1.86 bits per heavy atom. The fraction of sp³-hybridized carbons (Fsp3) is 0.176. The third kappa shape index (κ3) is 2.13. The van der Waals surface area contributed by atoms with E-state index in [0.29, 0.717) is 0 Å². The third-order valence-corrected chi connectivity index (χ3v) is 4.12. The van der Waals surface area contributed by atoms with E-state index in [2.05, 4.69) is 28.3 Å². The Hall–Kier alpha value is -2.49. The molecule has 0 radical (unpaired) electrons. The van der Waals surface area contributed by atoms with Crippen molar-refractivity contribution in [1.82, 2.24) is 14.8 Å². The predicted octanol–water partition coefficient (Wildman–Crippen LogP) is 3.62. The molecule has 0 saturated carbocycles. The molecule has 2 aromatic carbocycles. The molecule has 1 aromatic heterocycles. The lowest BCUT2D eigenvalue weighted by molar-refractivity contribution is 0.519. The van der Waals surface area contributed by atoms with Gasteiger partial charge in [-0.15, -0.1) is 0 Å². The molecular weight excluding hydrogens is 265 g/mol. The fourth-order valence-electron chi connectivity index (χ4n) is 3.07. The number of hydrogen-bond donors (Lipinski definition) is 0. The Morgan fingerprint density at radius 1 is 1.05 bits per heavy atom. The van der Waals surface area contributed by atoms with E-state index in [9.17, 15) is 4.39 Å². The standard InChI is InChI=1S/C17H14FN3/c18-15-5-1-12(2-6-15)13-3-7-16-14(9-13)4-8-17(16)21-11-19-10-20-21/h1-3,5-7,9-11,17H,4,8H2. The van der Waals surface area contributed by atoms with Crippen LogP contribution in [0.1, 0.15) is 23.6 Å². The van der Waals surface area contributed by atoms with E-state index in [0.717, 1.165) is 24.0 Å². The van der Waals surface area contributed by atoms with Gasteiger partial charge in [-0.05, 0) is 47.2 Å². The summed E-state index contributed by atoms with van der Waals surface area (Å²) < 4.78 is 14.9. The zero-order valence-electron chi connectivity index (χ0n) is 11.4. The number of benzene rings is 2. The number of halogens is 1. The number of hydrogen-bond acceptors (Lipinski definition) is 2. The molecule has 0 N–H and O–H groups in total. The predicted molar refractivity (Wildman–Crippen MR) is 78.3 cm³/mol. The molecule has 0 spiro atoms. The van der Waals surface area contributed by atoms with Gasteiger partial charge in [-0.3, -0.25) is 0 Å². The molecule has 0 saturated heterocycles. The number of aryl methyl sites for hydroxylation is 1. The molecule has 4 rings (SSSR count). The molecular formula is C17H14FN3. The second-order valence-corrected chi connectivity index (χ2v) is 5.35. The van der Waals surface area contributed by atoms with Crippen LogP contribution < -0.4 is 0 Å². The van der Waals surface area contributed by atoms with Gasteiger partial charge in [0.2, 0.25) is 0 Å². The smallest absolute Gasteiger partial charge is 0.137 e. The van der Waals surface area contributed by atoms with Gasteiger partial charge < -0.3 is 0 Å². The molecule has 1 unspecified atom stereocenters. The minimum Gasteiger partial charge on any atom is -0.245 e. The van der Waals surface area contributed by atoms with Crippen LogP contribution >= 0.6 is 0 Å². The van der Waals surface area contributed by atoms with Crippen LogP contribution in [0.3, 0.4) is 0 Å². The Morgan fingerprint density at radius 3 is 2.62 bits per heavy atom. The molecule has 0 amide bonds. The van der Waals surface area contributed by atoms with Crippen LogP contribution in [-0.2, 0) is 6.42 Å². The zero-order valence-corrected chi connectivity index (χ0v) is 11.4. The summed E-state index contributed by atoms with van der Waals surface area (Å²) in [6, 6.07) is 13.4. The highest BCUT2D eigenvalue weighted by Crippen LogP contribution is 2.36. The van der Waals surface area contributed by atoms with Gasteiger partial charge in [0.1, 0.15) is 18.5 Å². The Kier molecular flexibility index (Phi) is 2.81. The number of rotatable bonds is 2. The molecule has 1 heterocycles. The van der Waals surface area contributed by atoms with Crippen LogP contribution in [0.5, 0.6) is 0 Å². The average molecular weight is 279 g/mol. The van der Waals surface area contributed by atoms with Crippen molar-refractivity contribution in [2.24, 2.45) is 0 Å². The highest BCUT2D eigenvalue weighted by molar-refractivity contribution is 5.65. The van der Waals surface area contributed by atoms with Gasteiger partial charge in [-0.1, -0.05) is 30.3 Å². The highest BCUT2D eigenvalue weighted by Gasteiger charge is 2.24. The van der Waals surface area contributed by atoms with Crippen molar-refractivity contribution in [2.45, 2.75) is 18.9 Å². The average Bonchev–Trinajstić information content (AvgIpc) is 3.16. The van der Waals surface area contributed by atoms with Crippen molar-refractivity contribution in [1.29, 1.82) is 0 Å². The molecule has 104 valence electrons. The lowest BCUT2D eigenvalue weighted by Gasteiger charge is -2.12. The molecule has 1 aliphatic rings. The summed E-state index contributed by atoms with van der Waals surface area (Å²) in [5.74, 6) is -0.203. The van der Waals surface area contributed by atoms with Crippen LogP contribution in [0.2, 0.25) is 0 Å². The van der Waals surface area contributed by atoms with E-state index in [1.807, 2.05) is 16.8 Å². The lowest BCUT2D eigenvalue weighted by atomic mass is 10.00. The molecule has 3 nitrogen and oxygen atoms in total. The summed E-state index contributed by atoms with van der Waals surface area (Å²) in [7, 11) is 0. The van der Waals surface area contributed by atoms with Crippen molar-refractivity contribution >= 4 is 0 Å². The van der Waals surface area contributed by atoms with Gasteiger partial charge in [0, 0.05) is 0 Å². The second-order valence-electron chi connectivity index (χ2n) is 5.35. The number of aromatic nitrogens is 3. The maximum atomic E-state index is 13.0. The quantitative estimate of drug-likeness (QED) is 0.717. The topological polar surface area (TPSA) is 30.7 Å². The van der Waals surface area contributed by atoms with Gasteiger partial charge in [-0.2, -0.15) is 5.10 Å². The summed E-state index contributed by atoms with van der Waals surface area (Å²) >= 11 is 0. The highest BCUT2D eigenvalue weighted by atomic mass is 19.1. The van der Waals surface area contributed by atoms with E-state index in [-0.39, 0.29) is 11.9 Å². The van der Waals surface area contributed by atoms with Crippen molar-refractivity contribution in [2.75, 3.05) is 0 Å². The Labute approximate surface area is 122 Å². The summed E-state index contributed by atoms with van der Waals surface area (Å²) in [5, 5.41) is 4.25. The minimum absolute atomic E-state index is 0.203. The maximum Gasteiger partial charge on any atom is 0.137 e. The van der Waals surface area contributed by atoms with Crippen molar-refractivity contribution in [3.05, 3.63) is 72.1 Å². The van der Waals surface area contributed by atoms with E-state index in [1.54, 1.807) is 12.7 Å². The van der Waals surface area contributed by atoms with Crippen molar-refractivity contribution < 1.29 is 4.39 Å². The monoisotopic (exact) mass is 279 g/mol. The van der Waals surface area contributed by atoms with Gasteiger partial charge >= 0.3 is 0 Å². The Balaban J connectivity index is 1.71. The molecule has 4 heteroatoms. The maximum absolute atomic E-state index is 13.0. The van der Waals surface area contributed by atoms with Crippen molar-refractivity contribution in [3.8, 4) is 11.1 Å². The summed E-state index contributed by atoms with van der Waals surface area (Å²) in [5.41, 5.74) is 4.83. The van der Waals surface area contributed by atoms with Crippen LogP contribution in [-0.4, -0.2) is 14.8 Å². The van der Waals surface area contributed by atoms with E-state index < -0.39 is 0 Å². The molecule has 0 aliphatic heterocycles. The Bertz CT molecular complexity index is 763. The van der Waals surface area contributed by atoms with Gasteiger partial charge in [0.25, 0.3) is 0 Å². The second kappa shape index (κ2) is 4.81. The first-order chi connectivity index (χ1) is 10.3. The third-order valence-electron chi connectivity index (χ3n) is 4.12. The zero-order chi connectivity index (χ0) is 14.2. The normalized spacial score (nSPS) is 16.9. The summed E-state index contributed by atoms with van der Waals surface area (Å²) in [6.07, 6.45) is 5.43. The summed E-state index contributed by atoms with van der Waals surface area (Å²) in [6.45, 7) is 0. The molecule has 3 aromatic rings. The van der Waals surface area contributed by atoms with Crippen LogP contribution in [0.4, 0.5) is 4.39 Å². The molecule has 1 aliphatic carbocycles. The van der Waals surface area contributed by atoms with E-state index >= 15 is 0 Å². The molecule has 0 bridgehead atoms. The van der Waals surface area contributed by atoms with Crippen LogP contribution in [0.15, 0.2) is 55.1 Å². The first-order valence-electron chi connectivity index (χ1n) is 7.04. The minimum atomic E-state index is -0.203.